The molecule has 1 fully saturated rings. The lowest BCUT2D eigenvalue weighted by Crippen LogP contribution is -2.68. The van der Waals surface area contributed by atoms with Crippen molar-refractivity contribution in [2.75, 3.05) is 24.6 Å². The first-order valence-electron chi connectivity index (χ1n) is 11.2. The Morgan fingerprint density at radius 1 is 1.24 bits per heavy atom. The number of ether oxygens (including phenoxy) is 1. The van der Waals surface area contributed by atoms with Crippen molar-refractivity contribution in [3.63, 3.8) is 0 Å². The first kappa shape index (κ1) is 24.2. The number of likely N-dealkylation sites (tertiary alicyclic amines) is 1. The lowest BCUT2D eigenvalue weighted by atomic mass is 9.84. The van der Waals surface area contributed by atoms with Crippen molar-refractivity contribution in [2.45, 2.75) is 38.6 Å². The summed E-state index contributed by atoms with van der Waals surface area (Å²) in [5, 5.41) is 3.07. The van der Waals surface area contributed by atoms with Crippen LogP contribution in [-0.2, 0) is 14.3 Å². The van der Waals surface area contributed by atoms with Crippen molar-refractivity contribution in [3.8, 4) is 0 Å². The van der Waals surface area contributed by atoms with Gasteiger partial charge < -0.3 is 14.5 Å². The van der Waals surface area contributed by atoms with E-state index in [0.717, 1.165) is 10.1 Å². The number of pyridine rings is 1. The molecule has 3 heterocycles. The van der Waals surface area contributed by atoms with E-state index in [1.807, 2.05) is 29.6 Å². The molecule has 0 bridgehead atoms. The van der Waals surface area contributed by atoms with Crippen molar-refractivity contribution < 1.29 is 19.1 Å². The monoisotopic (exact) mass is 499 g/mol. The Balaban J connectivity index is 1.57. The molecule has 1 aromatic carbocycles. The number of rotatable bonds is 8. The van der Waals surface area contributed by atoms with Crippen LogP contribution in [0.4, 0.5) is 5.69 Å². The Morgan fingerprint density at radius 2 is 2.03 bits per heavy atom. The third kappa shape index (κ3) is 4.65. The molecule has 34 heavy (non-hydrogen) atoms. The molecule has 2 aromatic heterocycles. The largest absolute Gasteiger partial charge is 0.466 e. The predicted molar refractivity (Wildman–Crippen MR) is 133 cm³/mol. The maximum atomic E-state index is 13.8. The third-order valence-electron chi connectivity index (χ3n) is 6.17. The van der Waals surface area contributed by atoms with E-state index < -0.39 is 5.54 Å². The number of fused-ring (bicyclic) bond motifs is 1. The number of carbonyl (C=O) groups is 3. The number of aromatic nitrogens is 1. The van der Waals surface area contributed by atoms with Crippen LogP contribution in [0.25, 0.3) is 10.1 Å². The second-order valence-corrected chi connectivity index (χ2v) is 9.63. The molecule has 0 aliphatic carbocycles. The molecular weight excluding hydrogens is 474 g/mol. The number of halogens is 1. The van der Waals surface area contributed by atoms with Crippen LogP contribution >= 0.6 is 22.9 Å². The molecule has 3 aromatic rings. The lowest BCUT2D eigenvalue weighted by molar-refractivity contribution is -0.143. The number of hydrogen-bond acceptors (Lipinski definition) is 6. The first-order chi connectivity index (χ1) is 16.3. The molecule has 0 N–H and O–H groups in total. The number of hydrogen-bond donors (Lipinski definition) is 0. The Bertz CT molecular complexity index is 1210. The van der Waals surface area contributed by atoms with Crippen LogP contribution in [0, 0.1) is 0 Å². The van der Waals surface area contributed by atoms with Crippen LogP contribution in [-0.4, -0.2) is 52.9 Å². The van der Waals surface area contributed by atoms with Gasteiger partial charge in [0.1, 0.15) is 10.7 Å². The zero-order valence-electron chi connectivity index (χ0n) is 19.1. The Morgan fingerprint density at radius 3 is 2.71 bits per heavy atom. The Kier molecular flexibility index (Phi) is 7.19. The van der Waals surface area contributed by atoms with Crippen LogP contribution in [0.1, 0.15) is 43.5 Å². The maximum absolute atomic E-state index is 13.8. The predicted octanol–water partition coefficient (Wildman–Crippen LogP) is 4.93. The van der Waals surface area contributed by atoms with Crippen LogP contribution in [0.15, 0.2) is 48.0 Å². The molecule has 4 rings (SSSR count). The highest BCUT2D eigenvalue weighted by molar-refractivity contribution is 7.17. The van der Waals surface area contributed by atoms with Crippen molar-refractivity contribution in [1.29, 1.82) is 0 Å². The van der Waals surface area contributed by atoms with Crippen molar-refractivity contribution in [2.24, 2.45) is 0 Å². The quantitative estimate of drug-likeness (QED) is 0.324. The minimum Gasteiger partial charge on any atom is -0.466 e. The van der Waals surface area contributed by atoms with Crippen molar-refractivity contribution in [3.05, 3.63) is 58.7 Å². The normalized spacial score (nSPS) is 17.3. The van der Waals surface area contributed by atoms with Gasteiger partial charge in [0.25, 0.3) is 11.8 Å². The summed E-state index contributed by atoms with van der Waals surface area (Å²) in [5.74, 6) is -0.667. The van der Waals surface area contributed by atoms with E-state index in [9.17, 15) is 14.4 Å². The molecule has 0 spiro atoms. The van der Waals surface area contributed by atoms with Gasteiger partial charge in [-0.3, -0.25) is 14.4 Å². The minimum atomic E-state index is -0.996. The second-order valence-electron chi connectivity index (χ2n) is 8.33. The molecule has 0 radical (unpaired) electrons. The number of carbonyl (C=O) groups excluding carboxylic acids is 3. The topological polar surface area (TPSA) is 79.8 Å². The molecule has 0 saturated carbocycles. The van der Waals surface area contributed by atoms with E-state index in [4.69, 9.17) is 16.3 Å². The fourth-order valence-corrected chi connectivity index (χ4v) is 5.22. The highest BCUT2D eigenvalue weighted by Crippen LogP contribution is 2.37. The van der Waals surface area contributed by atoms with Crippen LogP contribution in [0.5, 0.6) is 0 Å². The van der Waals surface area contributed by atoms with Gasteiger partial charge in [-0.05, 0) is 44.9 Å². The molecule has 9 heteroatoms. The summed E-state index contributed by atoms with van der Waals surface area (Å²) >= 11 is 7.46. The summed E-state index contributed by atoms with van der Waals surface area (Å²) in [6, 6.07) is 11.1. The first-order valence-corrected chi connectivity index (χ1v) is 12.5. The number of thiophene rings is 1. The van der Waals surface area contributed by atoms with E-state index >= 15 is 0 Å². The van der Waals surface area contributed by atoms with Gasteiger partial charge in [0.2, 0.25) is 0 Å². The fourth-order valence-electron chi connectivity index (χ4n) is 4.18. The lowest BCUT2D eigenvalue weighted by Gasteiger charge is -2.50. The molecule has 1 saturated heterocycles. The highest BCUT2D eigenvalue weighted by atomic mass is 35.5. The molecule has 178 valence electrons. The number of benzene rings is 1. The summed E-state index contributed by atoms with van der Waals surface area (Å²) in [7, 11) is 0. The highest BCUT2D eigenvalue weighted by Gasteiger charge is 2.51. The standard InChI is InChI=1S/C25H26ClN3O4S/c1-3-33-22(30)9-6-13-28(17-10-11-21(26)27-15-17)24(32)25(2)12-14-29(25)23(31)19-16-34-20-8-5-4-7-18(19)20/h4-5,7-8,10-11,15-16H,3,6,9,12-14H2,1-2H3. The molecule has 2 amide bonds. The average molecular weight is 500 g/mol. The summed E-state index contributed by atoms with van der Waals surface area (Å²) in [6.45, 7) is 4.66. The minimum absolute atomic E-state index is 0.153. The summed E-state index contributed by atoms with van der Waals surface area (Å²) in [6.07, 6.45) is 2.70. The molecule has 1 atom stereocenters. The zero-order valence-corrected chi connectivity index (χ0v) is 20.7. The number of anilines is 1. The SMILES string of the molecule is CCOC(=O)CCCN(C(=O)C1(C)CCN1C(=O)c1csc2ccccc12)c1ccc(Cl)nc1. The Labute approximate surface area is 207 Å². The zero-order chi connectivity index (χ0) is 24.3. The molecule has 1 aliphatic rings. The summed E-state index contributed by atoms with van der Waals surface area (Å²) in [4.78, 5) is 46.5. The van der Waals surface area contributed by atoms with E-state index in [-0.39, 0.29) is 24.2 Å². The van der Waals surface area contributed by atoms with Crippen LogP contribution < -0.4 is 4.90 Å². The molecular formula is C25H26ClN3O4S. The summed E-state index contributed by atoms with van der Waals surface area (Å²) < 4.78 is 6.04. The van der Waals surface area contributed by atoms with Gasteiger partial charge in [0, 0.05) is 35.0 Å². The fraction of sp³-hybridized carbons (Fsp3) is 0.360. The Hall–Kier alpha value is -2.97. The maximum Gasteiger partial charge on any atom is 0.305 e. The van der Waals surface area contributed by atoms with Crippen molar-refractivity contribution in [1.82, 2.24) is 9.88 Å². The van der Waals surface area contributed by atoms with Gasteiger partial charge in [-0.2, -0.15) is 0 Å². The van der Waals surface area contributed by atoms with Gasteiger partial charge in [-0.1, -0.05) is 29.8 Å². The second kappa shape index (κ2) is 10.1. The van der Waals surface area contributed by atoms with Crippen LogP contribution in [0.3, 0.4) is 0 Å². The molecule has 7 nitrogen and oxygen atoms in total. The molecule has 1 aliphatic heterocycles. The number of esters is 1. The van der Waals surface area contributed by atoms with Gasteiger partial charge in [0.05, 0.1) is 24.1 Å². The van der Waals surface area contributed by atoms with E-state index in [1.54, 1.807) is 35.8 Å². The van der Waals surface area contributed by atoms with Gasteiger partial charge in [-0.15, -0.1) is 11.3 Å². The van der Waals surface area contributed by atoms with E-state index in [1.165, 1.54) is 17.5 Å². The van der Waals surface area contributed by atoms with E-state index in [2.05, 4.69) is 4.98 Å². The van der Waals surface area contributed by atoms with Gasteiger partial charge >= 0.3 is 5.97 Å². The summed E-state index contributed by atoms with van der Waals surface area (Å²) in [5.41, 5.74) is 0.185. The van der Waals surface area contributed by atoms with Gasteiger partial charge in [0.15, 0.2) is 0 Å². The van der Waals surface area contributed by atoms with E-state index in [0.29, 0.717) is 48.9 Å². The number of amides is 2. The van der Waals surface area contributed by atoms with Crippen molar-refractivity contribution >= 4 is 56.5 Å². The van der Waals surface area contributed by atoms with Crippen LogP contribution in [0.2, 0.25) is 5.15 Å². The third-order valence-corrected chi connectivity index (χ3v) is 7.36. The average Bonchev–Trinajstić information content (AvgIpc) is 3.25. The van der Waals surface area contributed by atoms with Gasteiger partial charge in [-0.25, -0.2) is 4.98 Å². The number of nitrogens with zero attached hydrogens (tertiary/aromatic N) is 3. The molecule has 1 unspecified atom stereocenters. The smallest absolute Gasteiger partial charge is 0.305 e.